The third-order valence-corrected chi connectivity index (χ3v) is 7.68. The highest BCUT2D eigenvalue weighted by molar-refractivity contribution is 7.89. The largest absolute Gasteiger partial charge is 0.338 e. The second-order valence-electron chi connectivity index (χ2n) is 8.53. The van der Waals surface area contributed by atoms with E-state index < -0.39 is 10.0 Å². The molecular formula is C25H25N5O3S. The molecule has 1 fully saturated rings. The number of carbonyl (C=O) groups excluding carboxylic acids is 1. The molecule has 9 heteroatoms. The van der Waals surface area contributed by atoms with Crippen molar-refractivity contribution in [2.75, 3.05) is 5.32 Å². The molecule has 0 radical (unpaired) electrons. The number of amides is 1. The summed E-state index contributed by atoms with van der Waals surface area (Å²) in [6.07, 6.45) is 5.72. The molecule has 34 heavy (non-hydrogen) atoms. The molecule has 1 amide bonds. The first kappa shape index (κ1) is 22.2. The maximum absolute atomic E-state index is 13.0. The summed E-state index contributed by atoms with van der Waals surface area (Å²) in [5.41, 5.74) is 2.97. The monoisotopic (exact) mass is 475 g/mol. The van der Waals surface area contributed by atoms with E-state index in [0.717, 1.165) is 5.56 Å². The number of rotatable bonds is 6. The standard InChI is InChI=1S/C25H25N5O3S/c31-25(27-20-7-4-14-26-16-20)18-8-10-19(11-9-18)30-34(32,33)21-12-13-22-23(15-21)29-24(28-22)17-5-2-1-3-6-17/h1-7,12-16,18-19,30H,8-11H2,(H,27,31)(H,28,29). The van der Waals surface area contributed by atoms with Crippen LogP contribution in [0.2, 0.25) is 0 Å². The van der Waals surface area contributed by atoms with Crippen LogP contribution in [0.25, 0.3) is 22.4 Å². The quantitative estimate of drug-likeness (QED) is 0.388. The molecular weight excluding hydrogens is 450 g/mol. The summed E-state index contributed by atoms with van der Waals surface area (Å²) in [6.45, 7) is 0. The Balaban J connectivity index is 1.23. The maximum atomic E-state index is 13.0. The van der Waals surface area contributed by atoms with Crippen LogP contribution in [0.5, 0.6) is 0 Å². The van der Waals surface area contributed by atoms with Crippen LogP contribution in [0.1, 0.15) is 25.7 Å². The van der Waals surface area contributed by atoms with Crippen LogP contribution in [0.3, 0.4) is 0 Å². The molecule has 174 valence electrons. The van der Waals surface area contributed by atoms with E-state index in [4.69, 9.17) is 0 Å². The molecule has 0 bridgehead atoms. The number of aromatic nitrogens is 3. The molecule has 1 aliphatic rings. The van der Waals surface area contributed by atoms with Gasteiger partial charge in [-0.25, -0.2) is 18.1 Å². The molecule has 1 aliphatic carbocycles. The number of imidazole rings is 1. The van der Waals surface area contributed by atoms with E-state index in [2.05, 4.69) is 25.0 Å². The lowest BCUT2D eigenvalue weighted by atomic mass is 9.86. The molecule has 1 saturated carbocycles. The summed E-state index contributed by atoms with van der Waals surface area (Å²) in [5, 5.41) is 2.88. The molecule has 2 aromatic carbocycles. The molecule has 8 nitrogen and oxygen atoms in total. The molecule has 0 spiro atoms. The van der Waals surface area contributed by atoms with Crippen LogP contribution >= 0.6 is 0 Å². The van der Waals surface area contributed by atoms with Crippen molar-refractivity contribution in [2.45, 2.75) is 36.6 Å². The van der Waals surface area contributed by atoms with E-state index in [1.54, 1.807) is 42.7 Å². The average Bonchev–Trinajstić information content (AvgIpc) is 3.29. The summed E-state index contributed by atoms with van der Waals surface area (Å²) < 4.78 is 28.9. The number of anilines is 1. The molecule has 2 aromatic heterocycles. The van der Waals surface area contributed by atoms with E-state index >= 15 is 0 Å². The first-order valence-electron chi connectivity index (χ1n) is 11.3. The van der Waals surface area contributed by atoms with Gasteiger partial charge < -0.3 is 10.3 Å². The zero-order chi connectivity index (χ0) is 23.5. The molecule has 0 aliphatic heterocycles. The van der Waals surface area contributed by atoms with Crippen molar-refractivity contribution in [3.63, 3.8) is 0 Å². The number of hydrogen-bond acceptors (Lipinski definition) is 5. The molecule has 4 aromatic rings. The van der Waals surface area contributed by atoms with Gasteiger partial charge in [-0.2, -0.15) is 0 Å². The minimum absolute atomic E-state index is 0.0479. The number of hydrogen-bond donors (Lipinski definition) is 3. The Morgan fingerprint density at radius 2 is 1.76 bits per heavy atom. The molecule has 2 heterocycles. The zero-order valence-electron chi connectivity index (χ0n) is 18.4. The summed E-state index contributed by atoms with van der Waals surface area (Å²) in [4.78, 5) is 24.5. The van der Waals surface area contributed by atoms with E-state index in [9.17, 15) is 13.2 Å². The Labute approximate surface area is 197 Å². The zero-order valence-corrected chi connectivity index (χ0v) is 19.3. The van der Waals surface area contributed by atoms with Gasteiger partial charge in [0.05, 0.1) is 27.8 Å². The average molecular weight is 476 g/mol. The Bertz CT molecular complexity index is 1400. The first-order valence-corrected chi connectivity index (χ1v) is 12.7. The topological polar surface area (TPSA) is 117 Å². The van der Waals surface area contributed by atoms with Crippen molar-refractivity contribution < 1.29 is 13.2 Å². The van der Waals surface area contributed by atoms with Crippen LogP contribution in [-0.4, -0.2) is 35.3 Å². The number of nitrogens with zero attached hydrogens (tertiary/aromatic N) is 2. The predicted octanol–water partition coefficient (Wildman–Crippen LogP) is 4.10. The minimum atomic E-state index is -3.70. The van der Waals surface area contributed by atoms with E-state index in [0.29, 0.717) is 48.2 Å². The lowest BCUT2D eigenvalue weighted by Gasteiger charge is -2.28. The van der Waals surface area contributed by atoms with Crippen molar-refractivity contribution in [3.8, 4) is 11.4 Å². The van der Waals surface area contributed by atoms with Crippen LogP contribution in [-0.2, 0) is 14.8 Å². The minimum Gasteiger partial charge on any atom is -0.338 e. The van der Waals surface area contributed by atoms with Crippen molar-refractivity contribution in [3.05, 3.63) is 73.1 Å². The van der Waals surface area contributed by atoms with Crippen LogP contribution < -0.4 is 10.0 Å². The highest BCUT2D eigenvalue weighted by Gasteiger charge is 2.29. The van der Waals surface area contributed by atoms with E-state index in [1.807, 2.05) is 30.3 Å². The van der Waals surface area contributed by atoms with E-state index in [1.165, 1.54) is 0 Å². The fourth-order valence-corrected chi connectivity index (χ4v) is 5.66. The van der Waals surface area contributed by atoms with Crippen molar-refractivity contribution in [2.24, 2.45) is 5.92 Å². The number of carbonyl (C=O) groups is 1. The normalized spacial score (nSPS) is 18.6. The Morgan fingerprint density at radius 1 is 0.971 bits per heavy atom. The molecule has 3 N–H and O–H groups in total. The maximum Gasteiger partial charge on any atom is 0.240 e. The Kier molecular flexibility index (Phi) is 6.12. The van der Waals surface area contributed by atoms with Crippen molar-refractivity contribution in [1.82, 2.24) is 19.7 Å². The number of H-pyrrole nitrogens is 1. The summed E-state index contributed by atoms with van der Waals surface area (Å²) in [5.74, 6) is 0.507. The molecule has 0 unspecified atom stereocenters. The fraction of sp³-hybridized carbons (Fsp3) is 0.240. The Hall–Kier alpha value is -3.56. The summed E-state index contributed by atoms with van der Waals surface area (Å²) in [6, 6.07) is 18.0. The van der Waals surface area contributed by atoms with Gasteiger partial charge in [0.2, 0.25) is 15.9 Å². The van der Waals surface area contributed by atoms with Gasteiger partial charge in [0.1, 0.15) is 5.82 Å². The van der Waals surface area contributed by atoms with Gasteiger partial charge in [-0.3, -0.25) is 9.78 Å². The second-order valence-corrected chi connectivity index (χ2v) is 10.2. The SMILES string of the molecule is O=C(Nc1cccnc1)C1CCC(NS(=O)(=O)c2ccc3nc(-c4ccccc4)[nH]c3c2)CC1. The van der Waals surface area contributed by atoms with Crippen molar-refractivity contribution in [1.29, 1.82) is 0 Å². The van der Waals surface area contributed by atoms with Gasteiger partial charge in [0.15, 0.2) is 0 Å². The van der Waals surface area contributed by atoms with Crippen LogP contribution in [0, 0.1) is 5.92 Å². The molecule has 0 saturated heterocycles. The van der Waals surface area contributed by atoms with Crippen LogP contribution in [0.4, 0.5) is 5.69 Å². The molecule has 0 atom stereocenters. The number of pyridine rings is 1. The highest BCUT2D eigenvalue weighted by atomic mass is 32.2. The third kappa shape index (κ3) is 4.85. The van der Waals surface area contributed by atoms with E-state index in [-0.39, 0.29) is 22.8 Å². The van der Waals surface area contributed by atoms with Gasteiger partial charge >= 0.3 is 0 Å². The number of aromatic amines is 1. The number of sulfonamides is 1. The van der Waals surface area contributed by atoms with Gasteiger partial charge in [0, 0.05) is 23.7 Å². The predicted molar refractivity (Wildman–Crippen MR) is 130 cm³/mol. The highest BCUT2D eigenvalue weighted by Crippen LogP contribution is 2.28. The number of benzene rings is 2. The lowest BCUT2D eigenvalue weighted by Crippen LogP contribution is -2.39. The first-order chi connectivity index (χ1) is 16.5. The van der Waals surface area contributed by atoms with Crippen molar-refractivity contribution >= 4 is 32.7 Å². The number of fused-ring (bicyclic) bond motifs is 1. The Morgan fingerprint density at radius 3 is 2.50 bits per heavy atom. The van der Waals surface area contributed by atoms with Gasteiger partial charge in [-0.1, -0.05) is 30.3 Å². The second kappa shape index (κ2) is 9.36. The fourth-order valence-electron chi connectivity index (χ4n) is 4.33. The summed E-state index contributed by atoms with van der Waals surface area (Å²) in [7, 11) is -3.70. The summed E-state index contributed by atoms with van der Waals surface area (Å²) >= 11 is 0. The van der Waals surface area contributed by atoms with Gasteiger partial charge in [-0.05, 0) is 56.0 Å². The van der Waals surface area contributed by atoms with Crippen LogP contribution in [0.15, 0.2) is 78.0 Å². The third-order valence-electron chi connectivity index (χ3n) is 6.16. The number of nitrogens with one attached hydrogen (secondary N) is 3. The smallest absolute Gasteiger partial charge is 0.240 e. The molecule has 5 rings (SSSR count). The lowest BCUT2D eigenvalue weighted by molar-refractivity contribution is -0.120. The van der Waals surface area contributed by atoms with Gasteiger partial charge in [-0.15, -0.1) is 0 Å². The van der Waals surface area contributed by atoms with Gasteiger partial charge in [0.25, 0.3) is 0 Å².